The molecular weight excluding hydrogens is 138 g/mol. The van der Waals surface area contributed by atoms with E-state index in [1.165, 1.54) is 25.7 Å². The Balaban J connectivity index is 1.91. The highest BCUT2D eigenvalue weighted by atomic mass is 16.3. The fourth-order valence-corrected chi connectivity index (χ4v) is 2.56. The van der Waals surface area contributed by atoms with Gasteiger partial charge in [0.1, 0.15) is 0 Å². The molecule has 0 aromatic heterocycles. The second-order valence-corrected chi connectivity index (χ2v) is 3.99. The zero-order chi connectivity index (χ0) is 7.68. The van der Waals surface area contributed by atoms with Crippen molar-refractivity contribution in [2.24, 2.45) is 11.8 Å². The number of aliphatic hydroxyl groups excluding tert-OH is 1. The van der Waals surface area contributed by atoms with Gasteiger partial charge in [0, 0.05) is 19.2 Å². The molecule has 2 aliphatic rings. The van der Waals surface area contributed by atoms with Gasteiger partial charge in [0.05, 0.1) is 0 Å². The van der Waals surface area contributed by atoms with Crippen LogP contribution >= 0.6 is 0 Å². The van der Waals surface area contributed by atoms with Crippen LogP contribution in [0.15, 0.2) is 0 Å². The molecule has 1 saturated heterocycles. The van der Waals surface area contributed by atoms with E-state index in [0.717, 1.165) is 18.5 Å². The molecule has 1 aliphatic heterocycles. The van der Waals surface area contributed by atoms with E-state index in [2.05, 4.69) is 5.32 Å². The summed E-state index contributed by atoms with van der Waals surface area (Å²) in [5, 5.41) is 12.5. The van der Waals surface area contributed by atoms with Gasteiger partial charge in [-0.25, -0.2) is 0 Å². The lowest BCUT2D eigenvalue weighted by Gasteiger charge is -2.31. The summed E-state index contributed by atoms with van der Waals surface area (Å²) >= 11 is 0. The number of fused-ring (bicyclic) bond motifs is 1. The van der Waals surface area contributed by atoms with E-state index < -0.39 is 0 Å². The quantitative estimate of drug-likeness (QED) is 0.586. The summed E-state index contributed by atoms with van der Waals surface area (Å²) in [6, 6.07) is 0.790. The van der Waals surface area contributed by atoms with Crippen molar-refractivity contribution in [3.05, 3.63) is 0 Å². The highest BCUT2D eigenvalue weighted by Crippen LogP contribution is 2.33. The molecule has 2 nitrogen and oxygen atoms in total. The van der Waals surface area contributed by atoms with E-state index in [0.29, 0.717) is 12.5 Å². The second-order valence-electron chi connectivity index (χ2n) is 3.99. The van der Waals surface area contributed by atoms with Crippen molar-refractivity contribution in [3.63, 3.8) is 0 Å². The summed E-state index contributed by atoms with van der Waals surface area (Å²) in [6.45, 7) is 1.41. The summed E-state index contributed by atoms with van der Waals surface area (Å²) in [5.74, 6) is 1.41. The Kier molecular flexibility index (Phi) is 2.14. The van der Waals surface area contributed by atoms with Crippen LogP contribution in [0.3, 0.4) is 0 Å². The van der Waals surface area contributed by atoms with E-state index in [9.17, 15) is 0 Å². The predicted octanol–water partition coefficient (Wildman–Crippen LogP) is 0.757. The molecule has 0 bridgehead atoms. The Morgan fingerprint density at radius 2 is 2.27 bits per heavy atom. The molecule has 0 radical (unpaired) electrons. The zero-order valence-corrected chi connectivity index (χ0v) is 6.92. The minimum absolute atomic E-state index is 0.371. The standard InChI is InChI=1S/C9H17NO/c11-6-7-4-8-2-1-3-9(8)10-5-7/h7-11H,1-6H2/t7?,8-,9-/m0/s1. The number of hydrogen-bond acceptors (Lipinski definition) is 2. The maximum Gasteiger partial charge on any atom is 0.0471 e. The van der Waals surface area contributed by atoms with Gasteiger partial charge in [0.25, 0.3) is 0 Å². The third-order valence-electron chi connectivity index (χ3n) is 3.22. The molecule has 2 heteroatoms. The lowest BCUT2D eigenvalue weighted by Crippen LogP contribution is -2.43. The minimum Gasteiger partial charge on any atom is -0.396 e. The molecule has 2 rings (SSSR count). The summed E-state index contributed by atoms with van der Waals surface area (Å²) in [6.07, 6.45) is 5.39. The first-order valence-corrected chi connectivity index (χ1v) is 4.74. The SMILES string of the molecule is OCC1CN[C@H]2CCC[C@H]2C1. The maximum absolute atomic E-state index is 8.97. The van der Waals surface area contributed by atoms with E-state index in [1.807, 2.05) is 0 Å². The van der Waals surface area contributed by atoms with Gasteiger partial charge in [-0.15, -0.1) is 0 Å². The first-order chi connectivity index (χ1) is 5.40. The third kappa shape index (κ3) is 1.42. The van der Waals surface area contributed by atoms with Crippen molar-refractivity contribution in [3.8, 4) is 0 Å². The summed E-state index contributed by atoms with van der Waals surface area (Å²) in [7, 11) is 0. The molecular formula is C9H17NO. The predicted molar refractivity (Wildman–Crippen MR) is 44.3 cm³/mol. The first kappa shape index (κ1) is 7.56. The third-order valence-corrected chi connectivity index (χ3v) is 3.22. The van der Waals surface area contributed by atoms with E-state index in [-0.39, 0.29) is 0 Å². The van der Waals surface area contributed by atoms with Crippen molar-refractivity contribution in [1.82, 2.24) is 5.32 Å². The van der Waals surface area contributed by atoms with Gasteiger partial charge in [-0.05, 0) is 31.1 Å². The van der Waals surface area contributed by atoms with Gasteiger partial charge in [0.2, 0.25) is 0 Å². The molecule has 0 aromatic rings. The number of aliphatic hydroxyl groups is 1. The van der Waals surface area contributed by atoms with Gasteiger partial charge in [-0.1, -0.05) is 6.42 Å². The molecule has 1 heterocycles. The Labute approximate surface area is 68.0 Å². The largest absolute Gasteiger partial charge is 0.396 e. The fraction of sp³-hybridized carbons (Fsp3) is 1.00. The molecule has 0 amide bonds. The highest BCUT2D eigenvalue weighted by Gasteiger charge is 2.32. The molecule has 1 aliphatic carbocycles. The smallest absolute Gasteiger partial charge is 0.0471 e. The van der Waals surface area contributed by atoms with Crippen molar-refractivity contribution < 1.29 is 5.11 Å². The molecule has 64 valence electrons. The Bertz CT molecular complexity index is 138. The average molecular weight is 155 g/mol. The van der Waals surface area contributed by atoms with Crippen LogP contribution in [0.25, 0.3) is 0 Å². The topological polar surface area (TPSA) is 32.3 Å². The molecule has 0 spiro atoms. The molecule has 2 N–H and O–H groups in total. The van der Waals surface area contributed by atoms with Crippen molar-refractivity contribution in [2.45, 2.75) is 31.7 Å². The molecule has 11 heavy (non-hydrogen) atoms. The van der Waals surface area contributed by atoms with E-state index in [1.54, 1.807) is 0 Å². The van der Waals surface area contributed by atoms with Gasteiger partial charge in [0.15, 0.2) is 0 Å². The summed E-state index contributed by atoms with van der Waals surface area (Å²) < 4.78 is 0. The summed E-state index contributed by atoms with van der Waals surface area (Å²) in [5.41, 5.74) is 0. The molecule has 2 fully saturated rings. The monoisotopic (exact) mass is 155 g/mol. The van der Waals surface area contributed by atoms with Gasteiger partial charge >= 0.3 is 0 Å². The minimum atomic E-state index is 0.371. The average Bonchev–Trinajstić information content (AvgIpc) is 2.50. The van der Waals surface area contributed by atoms with E-state index in [4.69, 9.17) is 5.11 Å². The van der Waals surface area contributed by atoms with Crippen molar-refractivity contribution >= 4 is 0 Å². The van der Waals surface area contributed by atoms with Crippen LogP contribution in [-0.2, 0) is 0 Å². The van der Waals surface area contributed by atoms with Crippen LogP contribution in [0.1, 0.15) is 25.7 Å². The van der Waals surface area contributed by atoms with Crippen LogP contribution in [-0.4, -0.2) is 24.3 Å². The Morgan fingerprint density at radius 3 is 3.09 bits per heavy atom. The maximum atomic E-state index is 8.97. The van der Waals surface area contributed by atoms with Gasteiger partial charge < -0.3 is 10.4 Å². The van der Waals surface area contributed by atoms with Crippen molar-refractivity contribution in [1.29, 1.82) is 0 Å². The normalized spacial score (nSPS) is 43.9. The number of rotatable bonds is 1. The van der Waals surface area contributed by atoms with Crippen LogP contribution in [0.4, 0.5) is 0 Å². The first-order valence-electron chi connectivity index (χ1n) is 4.74. The number of nitrogens with one attached hydrogen (secondary N) is 1. The van der Waals surface area contributed by atoms with Crippen LogP contribution < -0.4 is 5.32 Å². The Hall–Kier alpha value is -0.0800. The number of hydrogen-bond donors (Lipinski definition) is 2. The lowest BCUT2D eigenvalue weighted by atomic mass is 9.87. The van der Waals surface area contributed by atoms with Crippen LogP contribution in [0.5, 0.6) is 0 Å². The van der Waals surface area contributed by atoms with Crippen LogP contribution in [0.2, 0.25) is 0 Å². The van der Waals surface area contributed by atoms with Gasteiger partial charge in [-0.3, -0.25) is 0 Å². The van der Waals surface area contributed by atoms with Crippen LogP contribution in [0, 0.1) is 11.8 Å². The summed E-state index contributed by atoms with van der Waals surface area (Å²) in [4.78, 5) is 0. The number of piperidine rings is 1. The molecule has 1 unspecified atom stereocenters. The molecule has 3 atom stereocenters. The lowest BCUT2D eigenvalue weighted by molar-refractivity contribution is 0.156. The van der Waals surface area contributed by atoms with Crippen molar-refractivity contribution in [2.75, 3.05) is 13.2 Å². The second kappa shape index (κ2) is 3.11. The zero-order valence-electron chi connectivity index (χ0n) is 6.92. The molecule has 1 saturated carbocycles. The fourth-order valence-electron chi connectivity index (χ4n) is 2.56. The Morgan fingerprint density at radius 1 is 1.36 bits per heavy atom. The van der Waals surface area contributed by atoms with E-state index >= 15 is 0 Å². The highest BCUT2D eigenvalue weighted by molar-refractivity contribution is 4.89. The van der Waals surface area contributed by atoms with Gasteiger partial charge in [-0.2, -0.15) is 0 Å². The molecule has 0 aromatic carbocycles.